The lowest BCUT2D eigenvalue weighted by Crippen LogP contribution is -2.61. The monoisotopic (exact) mass is 421 g/mol. The Bertz CT molecular complexity index is 404. The third-order valence-electron chi connectivity index (χ3n) is 7.26. The van der Waals surface area contributed by atoms with E-state index < -0.39 is 0 Å². The fourth-order valence-electron chi connectivity index (χ4n) is 6.05. The predicted octanol–water partition coefficient (Wildman–Crippen LogP) is 6.71. The molecule has 3 N–H and O–H groups in total. The lowest BCUT2D eigenvalue weighted by molar-refractivity contribution is 0.146. The Morgan fingerprint density at radius 3 is 1.43 bits per heavy atom. The number of hydrogen-bond acceptors (Lipinski definition) is 3. The van der Waals surface area contributed by atoms with Crippen molar-refractivity contribution >= 4 is 0 Å². The van der Waals surface area contributed by atoms with Crippen LogP contribution in [0.1, 0.15) is 137 Å². The Morgan fingerprint density at radius 2 is 0.967 bits per heavy atom. The van der Waals surface area contributed by atoms with Crippen molar-refractivity contribution in [3.8, 4) is 0 Å². The van der Waals surface area contributed by atoms with Gasteiger partial charge in [-0.3, -0.25) is 0 Å². The fraction of sp³-hybridized carbons (Fsp3) is 1.00. The van der Waals surface area contributed by atoms with Gasteiger partial charge in [-0.25, -0.2) is 0 Å². The molecule has 0 unspecified atom stereocenters. The zero-order valence-electron chi connectivity index (χ0n) is 21.1. The third kappa shape index (κ3) is 12.1. The molecule has 2 fully saturated rings. The van der Waals surface area contributed by atoms with Gasteiger partial charge in [0.1, 0.15) is 0 Å². The van der Waals surface area contributed by atoms with E-state index in [4.69, 9.17) is 0 Å². The molecule has 0 spiro atoms. The minimum atomic E-state index is 0.249. The van der Waals surface area contributed by atoms with Crippen LogP contribution in [0.3, 0.4) is 0 Å². The Balaban J connectivity index is 1.49. The maximum atomic E-state index is 3.91. The summed E-state index contributed by atoms with van der Waals surface area (Å²) in [6, 6.07) is 1.46. The Morgan fingerprint density at radius 1 is 0.567 bits per heavy atom. The van der Waals surface area contributed by atoms with E-state index in [0.29, 0.717) is 6.04 Å². The SMILES string of the molecule is CC1(C)CC(NCCCCCCNC2CCCCCCCCCCC2)CC(C)(C)N1. The van der Waals surface area contributed by atoms with Crippen molar-refractivity contribution in [2.45, 2.75) is 160 Å². The molecule has 3 heteroatoms. The average molecular weight is 422 g/mol. The zero-order valence-corrected chi connectivity index (χ0v) is 21.1. The molecule has 0 aromatic heterocycles. The van der Waals surface area contributed by atoms with Gasteiger partial charge in [-0.05, 0) is 79.3 Å². The lowest BCUT2D eigenvalue weighted by Gasteiger charge is -2.46. The largest absolute Gasteiger partial charge is 0.314 e. The molecule has 2 rings (SSSR count). The highest BCUT2D eigenvalue weighted by Crippen LogP contribution is 2.28. The van der Waals surface area contributed by atoms with Gasteiger partial charge in [-0.2, -0.15) is 0 Å². The van der Waals surface area contributed by atoms with Gasteiger partial charge in [0.05, 0.1) is 0 Å². The van der Waals surface area contributed by atoms with E-state index in [1.807, 2.05) is 0 Å². The molecule has 178 valence electrons. The molecule has 0 aromatic carbocycles. The molecule has 1 aliphatic heterocycles. The first kappa shape index (κ1) is 26.1. The van der Waals surface area contributed by atoms with Crippen LogP contribution in [-0.4, -0.2) is 36.3 Å². The Hall–Kier alpha value is -0.120. The normalized spacial score (nSPS) is 24.8. The van der Waals surface area contributed by atoms with Crippen LogP contribution in [0.2, 0.25) is 0 Å². The van der Waals surface area contributed by atoms with Gasteiger partial charge in [0.15, 0.2) is 0 Å². The molecule has 1 saturated carbocycles. The van der Waals surface area contributed by atoms with Gasteiger partial charge >= 0.3 is 0 Å². The van der Waals surface area contributed by atoms with Crippen LogP contribution in [0, 0.1) is 0 Å². The maximum absolute atomic E-state index is 3.91. The molecule has 0 radical (unpaired) electrons. The predicted molar refractivity (Wildman–Crippen MR) is 133 cm³/mol. The maximum Gasteiger partial charge on any atom is 0.0144 e. The highest BCUT2D eigenvalue weighted by atomic mass is 15.1. The summed E-state index contributed by atoms with van der Waals surface area (Å²) in [5.41, 5.74) is 0.497. The van der Waals surface area contributed by atoms with Crippen LogP contribution in [-0.2, 0) is 0 Å². The number of piperidine rings is 1. The van der Waals surface area contributed by atoms with Gasteiger partial charge in [-0.1, -0.05) is 70.6 Å². The molecule has 1 aliphatic carbocycles. The standard InChI is InChI=1S/C27H55N3/c1-26(2)22-25(23-27(3,4)30-26)29-21-17-13-12-16-20-28-24-18-14-10-8-6-5-7-9-11-15-19-24/h24-25,28-30H,5-23H2,1-4H3. The summed E-state index contributed by atoms with van der Waals surface area (Å²) in [6.07, 6.45) is 23.9. The quantitative estimate of drug-likeness (QED) is 0.362. The van der Waals surface area contributed by atoms with E-state index in [1.165, 1.54) is 122 Å². The van der Waals surface area contributed by atoms with E-state index in [9.17, 15) is 0 Å². The van der Waals surface area contributed by atoms with Gasteiger partial charge in [0.25, 0.3) is 0 Å². The van der Waals surface area contributed by atoms with Crippen molar-refractivity contribution in [1.29, 1.82) is 0 Å². The molecule has 0 atom stereocenters. The first-order valence-electron chi connectivity index (χ1n) is 13.6. The van der Waals surface area contributed by atoms with Crippen LogP contribution in [0.15, 0.2) is 0 Å². The molecule has 2 aliphatic rings. The zero-order chi connectivity index (χ0) is 21.7. The molecule has 3 nitrogen and oxygen atoms in total. The Kier molecular flexibility index (Phi) is 12.3. The number of nitrogens with one attached hydrogen (secondary N) is 3. The van der Waals surface area contributed by atoms with Gasteiger partial charge in [-0.15, -0.1) is 0 Å². The smallest absolute Gasteiger partial charge is 0.0144 e. The molecule has 0 aromatic rings. The van der Waals surface area contributed by atoms with Crippen molar-refractivity contribution in [2.24, 2.45) is 0 Å². The Labute approximate surface area is 189 Å². The number of rotatable bonds is 9. The second-order valence-electron chi connectivity index (χ2n) is 11.8. The van der Waals surface area contributed by atoms with Crippen molar-refractivity contribution < 1.29 is 0 Å². The third-order valence-corrected chi connectivity index (χ3v) is 7.26. The van der Waals surface area contributed by atoms with Crippen LogP contribution < -0.4 is 16.0 Å². The van der Waals surface area contributed by atoms with Crippen molar-refractivity contribution in [2.75, 3.05) is 13.1 Å². The minimum absolute atomic E-state index is 0.249. The number of hydrogen-bond donors (Lipinski definition) is 3. The summed E-state index contributed by atoms with van der Waals surface area (Å²) in [4.78, 5) is 0. The highest BCUT2D eigenvalue weighted by molar-refractivity contribution is 4.99. The molecular formula is C27H55N3. The van der Waals surface area contributed by atoms with Gasteiger partial charge in [0, 0.05) is 23.2 Å². The van der Waals surface area contributed by atoms with Crippen molar-refractivity contribution in [1.82, 2.24) is 16.0 Å². The topological polar surface area (TPSA) is 36.1 Å². The first-order chi connectivity index (χ1) is 14.4. The van der Waals surface area contributed by atoms with E-state index in [-0.39, 0.29) is 11.1 Å². The molecule has 30 heavy (non-hydrogen) atoms. The van der Waals surface area contributed by atoms with Gasteiger partial charge in [0.2, 0.25) is 0 Å². The molecular weight excluding hydrogens is 366 g/mol. The summed E-state index contributed by atoms with van der Waals surface area (Å²) >= 11 is 0. The minimum Gasteiger partial charge on any atom is -0.314 e. The summed E-state index contributed by atoms with van der Waals surface area (Å²) in [5, 5.41) is 11.6. The number of unbranched alkanes of at least 4 members (excludes halogenated alkanes) is 3. The second kappa shape index (κ2) is 14.1. The van der Waals surface area contributed by atoms with E-state index >= 15 is 0 Å². The van der Waals surface area contributed by atoms with Gasteiger partial charge < -0.3 is 16.0 Å². The van der Waals surface area contributed by atoms with E-state index in [2.05, 4.69) is 43.6 Å². The lowest BCUT2D eigenvalue weighted by atomic mass is 9.79. The van der Waals surface area contributed by atoms with Crippen LogP contribution >= 0.6 is 0 Å². The second-order valence-corrected chi connectivity index (χ2v) is 11.8. The molecule has 1 heterocycles. The average Bonchev–Trinajstić information content (AvgIpc) is 2.63. The molecule has 0 amide bonds. The van der Waals surface area contributed by atoms with Crippen LogP contribution in [0.25, 0.3) is 0 Å². The highest BCUT2D eigenvalue weighted by Gasteiger charge is 2.37. The van der Waals surface area contributed by atoms with Crippen LogP contribution in [0.5, 0.6) is 0 Å². The first-order valence-corrected chi connectivity index (χ1v) is 13.6. The van der Waals surface area contributed by atoms with Crippen molar-refractivity contribution in [3.63, 3.8) is 0 Å². The van der Waals surface area contributed by atoms with Crippen LogP contribution in [0.4, 0.5) is 0 Å². The van der Waals surface area contributed by atoms with E-state index in [1.54, 1.807) is 0 Å². The van der Waals surface area contributed by atoms with Crippen molar-refractivity contribution in [3.05, 3.63) is 0 Å². The summed E-state index contributed by atoms with van der Waals surface area (Å²) in [5.74, 6) is 0. The molecule has 1 saturated heterocycles. The summed E-state index contributed by atoms with van der Waals surface area (Å²) in [7, 11) is 0. The fourth-order valence-corrected chi connectivity index (χ4v) is 6.05. The summed E-state index contributed by atoms with van der Waals surface area (Å²) < 4.78 is 0. The molecule has 0 bridgehead atoms. The van der Waals surface area contributed by atoms with E-state index in [0.717, 1.165) is 6.04 Å². The summed E-state index contributed by atoms with van der Waals surface area (Å²) in [6.45, 7) is 11.8.